The number of alkyl halides is 3. The number of aryl methyl sites for hydroxylation is 1. The van der Waals surface area contributed by atoms with Gasteiger partial charge in [0.05, 0.1) is 16.0 Å². The molecule has 0 saturated carbocycles. The van der Waals surface area contributed by atoms with Gasteiger partial charge in [0.2, 0.25) is 10.0 Å². The van der Waals surface area contributed by atoms with Gasteiger partial charge in [-0.05, 0) is 65.4 Å². The van der Waals surface area contributed by atoms with Crippen molar-refractivity contribution in [2.24, 2.45) is 0 Å². The molecule has 4 rings (SSSR count). The molecule has 176 valence electrons. The summed E-state index contributed by atoms with van der Waals surface area (Å²) in [5.74, 6) is 0. The van der Waals surface area contributed by atoms with Crippen molar-refractivity contribution in [3.05, 3.63) is 84.1 Å². The second-order valence-corrected chi connectivity index (χ2v) is 9.79. The maximum absolute atomic E-state index is 13.6. The van der Waals surface area contributed by atoms with E-state index in [1.807, 2.05) is 25.1 Å². The Kier molecular flexibility index (Phi) is 6.47. The molecule has 0 saturated heterocycles. The van der Waals surface area contributed by atoms with Crippen molar-refractivity contribution in [3.8, 4) is 22.3 Å². The molecule has 0 unspecified atom stereocenters. The molecule has 1 heterocycles. The van der Waals surface area contributed by atoms with Crippen molar-refractivity contribution in [2.75, 3.05) is 6.54 Å². The number of hydrogen-bond acceptors (Lipinski definition) is 3. The first-order valence-corrected chi connectivity index (χ1v) is 12.3. The number of nitrogens with zero attached hydrogens (tertiary/aromatic N) is 1. The van der Waals surface area contributed by atoms with Gasteiger partial charge in [-0.15, -0.1) is 0 Å². The zero-order valence-corrected chi connectivity index (χ0v) is 19.5. The molecule has 4 aromatic rings. The molecule has 0 spiro atoms. The van der Waals surface area contributed by atoms with Crippen LogP contribution in [0.5, 0.6) is 0 Å². The number of nitrogens with one attached hydrogen (secondary N) is 1. The quantitative estimate of drug-likeness (QED) is 0.336. The number of hydrogen-bond donors (Lipinski definition) is 1. The second-order valence-electron chi connectivity index (χ2n) is 8.02. The fourth-order valence-corrected chi connectivity index (χ4v) is 5.13. The fourth-order valence-electron chi connectivity index (χ4n) is 3.95. The van der Waals surface area contributed by atoms with Crippen LogP contribution in [0.4, 0.5) is 13.2 Å². The minimum atomic E-state index is -4.52. The predicted octanol–water partition coefficient (Wildman–Crippen LogP) is 6.58. The van der Waals surface area contributed by atoms with E-state index in [1.165, 1.54) is 18.3 Å². The Balaban J connectivity index is 1.84. The smallest absolute Gasteiger partial charge is 0.255 e. The van der Waals surface area contributed by atoms with E-state index in [9.17, 15) is 21.6 Å². The maximum atomic E-state index is 13.6. The zero-order valence-electron chi connectivity index (χ0n) is 18.6. The Labute approximate surface area is 196 Å². The van der Waals surface area contributed by atoms with Crippen molar-refractivity contribution in [1.82, 2.24) is 9.71 Å². The molecule has 34 heavy (non-hydrogen) atoms. The van der Waals surface area contributed by atoms with Crippen LogP contribution in [0.25, 0.3) is 33.2 Å². The third-order valence-electron chi connectivity index (χ3n) is 5.56. The number of aromatic nitrogens is 1. The van der Waals surface area contributed by atoms with Crippen LogP contribution >= 0.6 is 0 Å². The van der Waals surface area contributed by atoms with Crippen LogP contribution in [0.15, 0.2) is 77.8 Å². The van der Waals surface area contributed by atoms with E-state index in [0.717, 1.165) is 22.8 Å². The third-order valence-corrected chi connectivity index (χ3v) is 7.02. The lowest BCUT2D eigenvalue weighted by atomic mass is 9.93. The summed E-state index contributed by atoms with van der Waals surface area (Å²) < 4.78 is 68.3. The lowest BCUT2D eigenvalue weighted by Gasteiger charge is -2.15. The summed E-state index contributed by atoms with van der Waals surface area (Å²) >= 11 is 0. The number of rotatable bonds is 6. The van der Waals surface area contributed by atoms with Gasteiger partial charge in [0.25, 0.3) is 0 Å². The highest BCUT2D eigenvalue weighted by Gasteiger charge is 2.33. The van der Waals surface area contributed by atoms with Crippen molar-refractivity contribution in [1.29, 1.82) is 0 Å². The normalized spacial score (nSPS) is 12.3. The Hall–Kier alpha value is -3.23. The highest BCUT2D eigenvalue weighted by atomic mass is 32.2. The molecule has 3 aromatic carbocycles. The van der Waals surface area contributed by atoms with Crippen LogP contribution < -0.4 is 4.72 Å². The molecule has 1 N–H and O–H groups in total. The van der Waals surface area contributed by atoms with Crippen molar-refractivity contribution in [2.45, 2.75) is 31.3 Å². The first-order chi connectivity index (χ1) is 16.1. The van der Waals surface area contributed by atoms with E-state index in [0.29, 0.717) is 29.5 Å². The molecule has 8 heteroatoms. The summed E-state index contributed by atoms with van der Waals surface area (Å²) in [4.78, 5) is 4.24. The summed E-state index contributed by atoms with van der Waals surface area (Å²) in [6, 6.07) is 18.0. The average molecular weight is 485 g/mol. The lowest BCUT2D eigenvalue weighted by molar-refractivity contribution is -0.136. The topological polar surface area (TPSA) is 59.1 Å². The number of benzene rings is 3. The van der Waals surface area contributed by atoms with E-state index in [4.69, 9.17) is 0 Å². The van der Waals surface area contributed by atoms with Crippen LogP contribution in [0.2, 0.25) is 0 Å². The van der Waals surface area contributed by atoms with E-state index in [2.05, 4.69) is 9.71 Å². The van der Waals surface area contributed by atoms with Crippen LogP contribution in [-0.2, 0) is 16.2 Å². The minimum Gasteiger partial charge on any atom is -0.255 e. The molecule has 0 atom stereocenters. The minimum absolute atomic E-state index is 0.101. The average Bonchev–Trinajstić information content (AvgIpc) is 2.82. The molecular weight excluding hydrogens is 461 g/mol. The summed E-state index contributed by atoms with van der Waals surface area (Å²) in [5.41, 5.74) is 2.68. The lowest BCUT2D eigenvalue weighted by Crippen LogP contribution is -2.24. The van der Waals surface area contributed by atoms with Gasteiger partial charge in [0.15, 0.2) is 0 Å². The number of sulfonamides is 1. The summed E-state index contributed by atoms with van der Waals surface area (Å²) in [6.07, 6.45) is -2.39. The predicted molar refractivity (Wildman–Crippen MR) is 128 cm³/mol. The van der Waals surface area contributed by atoms with Gasteiger partial charge >= 0.3 is 6.18 Å². The number of pyridine rings is 1. The Morgan fingerprint density at radius 2 is 1.56 bits per heavy atom. The number of fused-ring (bicyclic) bond motifs is 1. The molecule has 4 nitrogen and oxygen atoms in total. The molecule has 0 aliphatic heterocycles. The Bertz CT molecular complexity index is 1460. The van der Waals surface area contributed by atoms with Gasteiger partial charge in [-0.2, -0.15) is 13.2 Å². The molecule has 0 amide bonds. The maximum Gasteiger partial charge on any atom is 0.418 e. The molecule has 0 radical (unpaired) electrons. The Morgan fingerprint density at radius 3 is 2.26 bits per heavy atom. The van der Waals surface area contributed by atoms with Gasteiger partial charge in [-0.25, -0.2) is 13.1 Å². The largest absolute Gasteiger partial charge is 0.418 e. The fraction of sp³-hybridized carbons (Fsp3) is 0.192. The second kappa shape index (κ2) is 9.19. The van der Waals surface area contributed by atoms with Crippen molar-refractivity contribution in [3.63, 3.8) is 0 Å². The molecule has 0 aliphatic carbocycles. The molecule has 1 aromatic heterocycles. The van der Waals surface area contributed by atoms with Gasteiger partial charge in [-0.3, -0.25) is 4.98 Å². The van der Waals surface area contributed by atoms with Gasteiger partial charge < -0.3 is 0 Å². The van der Waals surface area contributed by atoms with E-state index >= 15 is 0 Å². The first kappa shape index (κ1) is 23.9. The summed E-state index contributed by atoms with van der Waals surface area (Å²) in [7, 11) is -3.63. The molecule has 0 fully saturated rings. The molecular formula is C26H23F3N2O2S. The number of para-hydroxylation sites is 1. The highest BCUT2D eigenvalue weighted by Crippen LogP contribution is 2.39. The molecule has 0 bridgehead atoms. The summed E-state index contributed by atoms with van der Waals surface area (Å²) in [5, 5.41) is 0.409. The van der Waals surface area contributed by atoms with Crippen LogP contribution in [0.1, 0.15) is 24.5 Å². The number of halogens is 3. The van der Waals surface area contributed by atoms with Gasteiger partial charge in [0.1, 0.15) is 0 Å². The van der Waals surface area contributed by atoms with Crippen LogP contribution in [0, 0.1) is 6.92 Å². The molecule has 0 aliphatic rings. The Morgan fingerprint density at radius 1 is 0.912 bits per heavy atom. The third kappa shape index (κ3) is 4.69. The van der Waals surface area contributed by atoms with Crippen LogP contribution in [0.3, 0.4) is 0 Å². The van der Waals surface area contributed by atoms with Gasteiger partial charge in [0, 0.05) is 18.1 Å². The zero-order chi connectivity index (χ0) is 24.5. The first-order valence-electron chi connectivity index (χ1n) is 10.8. The monoisotopic (exact) mass is 484 g/mol. The van der Waals surface area contributed by atoms with E-state index in [-0.39, 0.29) is 10.4 Å². The van der Waals surface area contributed by atoms with Crippen molar-refractivity contribution >= 4 is 20.9 Å². The standard InChI is InChI=1S/C26H23F3N2O2S/c1-3-13-31-34(32,33)21-10-5-8-19(15-21)18-7-4-9-20(14-18)24-17(2)16-30-25-22(24)11-6-12-23(25)26(27,28)29/h4-12,14-16,31H,3,13H2,1-2H3. The van der Waals surface area contributed by atoms with E-state index in [1.54, 1.807) is 37.3 Å². The van der Waals surface area contributed by atoms with Crippen LogP contribution in [-0.4, -0.2) is 19.9 Å². The summed E-state index contributed by atoms with van der Waals surface area (Å²) in [6.45, 7) is 4.03. The SMILES string of the molecule is CCCNS(=O)(=O)c1cccc(-c2cccc(-c3c(C)cnc4c(C(F)(F)F)cccc34)c2)c1. The van der Waals surface area contributed by atoms with E-state index < -0.39 is 21.8 Å². The highest BCUT2D eigenvalue weighted by molar-refractivity contribution is 7.89. The van der Waals surface area contributed by atoms with Gasteiger partial charge in [-0.1, -0.05) is 49.4 Å². The van der Waals surface area contributed by atoms with Crippen molar-refractivity contribution < 1.29 is 21.6 Å².